The number of para-hydroxylation sites is 3. The Balaban J connectivity index is 1.52. The highest BCUT2D eigenvalue weighted by Gasteiger charge is 2.42. The maximum atomic E-state index is 11.2. The summed E-state index contributed by atoms with van der Waals surface area (Å²) in [5.74, 6) is 2.17. The molecule has 8 heteroatoms. The number of aromatic hydroxyl groups is 1. The van der Waals surface area contributed by atoms with Gasteiger partial charge in [-0.3, -0.25) is 0 Å². The fraction of sp³-hybridized carbons (Fsp3) is 0.0938. The first kappa shape index (κ1) is 24.4. The molecule has 0 radical (unpaired) electrons. The molecule has 0 fully saturated rings. The number of amidine groups is 2. The van der Waals surface area contributed by atoms with E-state index in [9.17, 15) is 5.11 Å². The van der Waals surface area contributed by atoms with Crippen molar-refractivity contribution in [1.82, 2.24) is 9.78 Å². The molecule has 0 spiro atoms. The van der Waals surface area contributed by atoms with Crippen molar-refractivity contribution < 1.29 is 5.11 Å². The van der Waals surface area contributed by atoms with Gasteiger partial charge < -0.3 is 15.3 Å². The Kier molecular flexibility index (Phi) is 5.78. The van der Waals surface area contributed by atoms with Gasteiger partial charge in [0.25, 0.3) is 0 Å². The number of nitrogens with one attached hydrogen (secondary N) is 1. The van der Waals surface area contributed by atoms with E-state index in [2.05, 4.69) is 45.2 Å². The number of hydrogen-bond acceptors (Lipinski definition) is 6. The van der Waals surface area contributed by atoms with Crippen molar-refractivity contribution in [3.8, 4) is 11.4 Å². The van der Waals surface area contributed by atoms with E-state index in [0.717, 1.165) is 49.6 Å². The summed E-state index contributed by atoms with van der Waals surface area (Å²) in [5, 5.41) is 19.7. The van der Waals surface area contributed by atoms with Crippen LogP contribution in [-0.2, 0) is 0 Å². The van der Waals surface area contributed by atoms with Gasteiger partial charge in [0.1, 0.15) is 5.75 Å². The molecule has 1 aromatic heterocycles. The zero-order valence-corrected chi connectivity index (χ0v) is 23.5. The SMILES string of the molecule is Cc1cccc(NC2=Nc3ccccc3N3C2=Nc2c(c(C)nn2-c2ccccc2)C3c2cc(Br)ccc2O)c1. The molecule has 2 aliphatic rings. The summed E-state index contributed by atoms with van der Waals surface area (Å²) in [7, 11) is 0. The lowest BCUT2D eigenvalue weighted by molar-refractivity contribution is 0.465. The lowest BCUT2D eigenvalue weighted by Gasteiger charge is -2.40. The minimum Gasteiger partial charge on any atom is -0.508 e. The molecule has 1 atom stereocenters. The summed E-state index contributed by atoms with van der Waals surface area (Å²) in [6, 6.07) is 31.3. The van der Waals surface area contributed by atoms with E-state index in [4.69, 9.17) is 15.1 Å². The van der Waals surface area contributed by atoms with Gasteiger partial charge in [0.2, 0.25) is 0 Å². The summed E-state index contributed by atoms with van der Waals surface area (Å²) in [4.78, 5) is 12.4. The molecule has 7 nitrogen and oxygen atoms in total. The molecule has 2 aliphatic heterocycles. The number of anilines is 2. The third-order valence-electron chi connectivity index (χ3n) is 7.20. The summed E-state index contributed by atoms with van der Waals surface area (Å²) in [6.07, 6.45) is 0. The van der Waals surface area contributed by atoms with Crippen molar-refractivity contribution in [3.63, 3.8) is 0 Å². The molecule has 3 heterocycles. The zero-order chi connectivity index (χ0) is 27.4. The van der Waals surface area contributed by atoms with Gasteiger partial charge in [-0.25, -0.2) is 14.7 Å². The number of phenolic OH excluding ortho intramolecular Hbond substituents is 1. The summed E-state index contributed by atoms with van der Waals surface area (Å²) < 4.78 is 2.75. The smallest absolute Gasteiger partial charge is 0.179 e. The number of aliphatic imine (C=N–C) groups is 2. The molecular weight excluding hydrogens is 564 g/mol. The molecule has 0 bridgehead atoms. The van der Waals surface area contributed by atoms with E-state index in [1.54, 1.807) is 6.07 Å². The Labute approximate surface area is 240 Å². The molecule has 1 unspecified atom stereocenters. The van der Waals surface area contributed by atoms with E-state index < -0.39 is 6.04 Å². The highest BCUT2D eigenvalue weighted by atomic mass is 79.9. The lowest BCUT2D eigenvalue weighted by atomic mass is 9.92. The van der Waals surface area contributed by atoms with Crippen molar-refractivity contribution in [1.29, 1.82) is 0 Å². The van der Waals surface area contributed by atoms with Crippen LogP contribution < -0.4 is 10.2 Å². The van der Waals surface area contributed by atoms with Gasteiger partial charge in [0.05, 0.1) is 28.8 Å². The van der Waals surface area contributed by atoms with Gasteiger partial charge in [-0.15, -0.1) is 0 Å². The fourth-order valence-corrected chi connectivity index (χ4v) is 5.82. The Hall–Kier alpha value is -4.69. The van der Waals surface area contributed by atoms with Gasteiger partial charge in [0.15, 0.2) is 17.5 Å². The van der Waals surface area contributed by atoms with E-state index in [-0.39, 0.29) is 5.75 Å². The maximum Gasteiger partial charge on any atom is 0.179 e. The van der Waals surface area contributed by atoms with E-state index in [0.29, 0.717) is 17.5 Å². The number of halogens is 1. The second-order valence-electron chi connectivity index (χ2n) is 9.92. The summed E-state index contributed by atoms with van der Waals surface area (Å²) >= 11 is 3.63. The number of hydrogen-bond donors (Lipinski definition) is 2. The zero-order valence-electron chi connectivity index (χ0n) is 21.9. The van der Waals surface area contributed by atoms with Crippen LogP contribution in [0.1, 0.15) is 28.4 Å². The van der Waals surface area contributed by atoms with Crippen LogP contribution in [0.5, 0.6) is 5.75 Å². The van der Waals surface area contributed by atoms with Gasteiger partial charge in [-0.1, -0.05) is 58.4 Å². The van der Waals surface area contributed by atoms with Crippen molar-refractivity contribution in [2.75, 3.05) is 10.2 Å². The van der Waals surface area contributed by atoms with E-state index in [1.807, 2.05) is 90.5 Å². The van der Waals surface area contributed by atoms with Crippen LogP contribution in [-0.4, -0.2) is 26.6 Å². The van der Waals surface area contributed by atoms with E-state index in [1.165, 1.54) is 0 Å². The van der Waals surface area contributed by atoms with Crippen molar-refractivity contribution in [3.05, 3.63) is 124 Å². The number of nitrogens with zero attached hydrogens (tertiary/aromatic N) is 5. The van der Waals surface area contributed by atoms with E-state index >= 15 is 0 Å². The molecule has 0 aliphatic carbocycles. The first-order valence-corrected chi connectivity index (χ1v) is 13.8. The standard InChI is InChI=1S/C32H25BrN6O/c1-19-9-8-10-22(17-19)34-30-32-36-31-28(20(2)37-39(31)23-11-4-3-5-12-23)29(24-18-21(33)15-16-27(24)40)38(32)26-14-7-6-13-25(26)35-30/h3-18,29,40H,1-2H3,(H,34,35). The predicted octanol–water partition coefficient (Wildman–Crippen LogP) is 7.75. The molecular formula is C32H25BrN6O. The van der Waals surface area contributed by atoms with Gasteiger partial charge in [-0.2, -0.15) is 5.10 Å². The number of rotatable bonds is 3. The molecule has 0 saturated carbocycles. The van der Waals surface area contributed by atoms with Crippen molar-refractivity contribution >= 4 is 50.5 Å². The van der Waals surface area contributed by atoms with Crippen LogP contribution in [0.3, 0.4) is 0 Å². The van der Waals surface area contributed by atoms with Crippen LogP contribution >= 0.6 is 15.9 Å². The molecule has 7 rings (SSSR count). The second-order valence-corrected chi connectivity index (χ2v) is 10.8. The Morgan fingerprint density at radius 1 is 0.850 bits per heavy atom. The predicted molar refractivity (Wildman–Crippen MR) is 164 cm³/mol. The number of aryl methyl sites for hydroxylation is 2. The quantitative estimate of drug-likeness (QED) is 0.226. The van der Waals surface area contributed by atoms with Crippen LogP contribution in [0.4, 0.5) is 22.9 Å². The van der Waals surface area contributed by atoms with Crippen molar-refractivity contribution in [2.45, 2.75) is 19.9 Å². The molecule has 5 aromatic rings. The second kappa shape index (κ2) is 9.50. The molecule has 0 amide bonds. The lowest BCUT2D eigenvalue weighted by Crippen LogP contribution is -2.46. The normalized spacial score (nSPS) is 15.5. The minimum absolute atomic E-state index is 0.195. The topological polar surface area (TPSA) is 78.0 Å². The van der Waals surface area contributed by atoms with Crippen LogP contribution in [0, 0.1) is 13.8 Å². The van der Waals surface area contributed by atoms with Gasteiger partial charge in [0, 0.05) is 21.3 Å². The van der Waals surface area contributed by atoms with Crippen molar-refractivity contribution in [2.24, 2.45) is 9.98 Å². The Morgan fingerprint density at radius 3 is 2.48 bits per heavy atom. The first-order chi connectivity index (χ1) is 19.5. The summed E-state index contributed by atoms with van der Waals surface area (Å²) in [5.41, 5.74) is 7.17. The highest BCUT2D eigenvalue weighted by Crippen LogP contribution is 2.50. The van der Waals surface area contributed by atoms with Gasteiger partial charge in [-0.05, 0) is 74.0 Å². The fourth-order valence-electron chi connectivity index (χ4n) is 5.45. The Bertz CT molecular complexity index is 1840. The third-order valence-corrected chi connectivity index (χ3v) is 7.70. The number of fused-ring (bicyclic) bond motifs is 4. The molecule has 4 aromatic carbocycles. The maximum absolute atomic E-state index is 11.2. The molecule has 2 N–H and O–H groups in total. The van der Waals surface area contributed by atoms with Gasteiger partial charge >= 0.3 is 0 Å². The molecule has 0 saturated heterocycles. The van der Waals surface area contributed by atoms with Crippen LogP contribution in [0.15, 0.2) is 112 Å². The number of benzene rings is 4. The first-order valence-electron chi connectivity index (χ1n) is 13.0. The van der Waals surface area contributed by atoms with Crippen LogP contribution in [0.25, 0.3) is 5.69 Å². The summed E-state index contributed by atoms with van der Waals surface area (Å²) in [6.45, 7) is 4.06. The average Bonchev–Trinajstić information content (AvgIpc) is 3.30. The molecule has 40 heavy (non-hydrogen) atoms. The average molecular weight is 589 g/mol. The largest absolute Gasteiger partial charge is 0.508 e. The van der Waals surface area contributed by atoms with Crippen LogP contribution in [0.2, 0.25) is 0 Å². The number of aromatic nitrogens is 2. The third kappa shape index (κ3) is 3.99. The molecule has 196 valence electrons. The number of phenols is 1. The minimum atomic E-state index is -0.413. The highest BCUT2D eigenvalue weighted by molar-refractivity contribution is 9.10. The Morgan fingerprint density at radius 2 is 1.65 bits per heavy atom. The monoisotopic (exact) mass is 588 g/mol.